The van der Waals surface area contributed by atoms with E-state index in [0.717, 1.165) is 0 Å². The second kappa shape index (κ2) is 4.93. The number of rotatable bonds is 4. The molecule has 1 fully saturated rings. The number of likely N-dealkylation sites (N-methyl/N-ethyl adjacent to an activating group) is 1. The Morgan fingerprint density at radius 2 is 2.25 bits per heavy atom. The summed E-state index contributed by atoms with van der Waals surface area (Å²) in [6.07, 6.45) is 7.71. The fraction of sp³-hybridized carbons (Fsp3) is 0.615. The molecule has 1 aromatic heterocycles. The predicted octanol–water partition coefficient (Wildman–Crippen LogP) is 1.95. The van der Waals surface area contributed by atoms with Crippen LogP contribution in [0.25, 0.3) is 0 Å². The van der Waals surface area contributed by atoms with E-state index in [1.807, 2.05) is 18.5 Å². The Bertz CT molecular complexity index is 319. The van der Waals surface area contributed by atoms with Gasteiger partial charge in [0.1, 0.15) is 0 Å². The minimum atomic E-state index is 0.134. The van der Waals surface area contributed by atoms with Crippen molar-refractivity contribution < 1.29 is 0 Å². The molecule has 1 heterocycles. The van der Waals surface area contributed by atoms with Crippen molar-refractivity contribution in [3.63, 3.8) is 0 Å². The SMILES string of the molecule is CC(N)C(c1cccnc1)N(C)C1CCC1. The normalized spacial score (nSPS) is 20.5. The van der Waals surface area contributed by atoms with Gasteiger partial charge in [0.2, 0.25) is 0 Å². The Balaban J connectivity index is 2.16. The molecule has 0 spiro atoms. The largest absolute Gasteiger partial charge is 0.326 e. The first kappa shape index (κ1) is 11.6. The van der Waals surface area contributed by atoms with Gasteiger partial charge in [0.15, 0.2) is 0 Å². The molecule has 0 aromatic carbocycles. The topological polar surface area (TPSA) is 42.1 Å². The van der Waals surface area contributed by atoms with Crippen LogP contribution in [0.15, 0.2) is 24.5 Å². The van der Waals surface area contributed by atoms with E-state index in [9.17, 15) is 0 Å². The van der Waals surface area contributed by atoms with Gasteiger partial charge in [0.25, 0.3) is 0 Å². The molecule has 1 saturated carbocycles. The maximum absolute atomic E-state index is 6.12. The quantitative estimate of drug-likeness (QED) is 0.841. The summed E-state index contributed by atoms with van der Waals surface area (Å²) in [5, 5.41) is 0. The number of pyridine rings is 1. The van der Waals surface area contributed by atoms with Crippen LogP contribution in [0.5, 0.6) is 0 Å². The van der Waals surface area contributed by atoms with Crippen molar-refractivity contribution in [2.45, 2.75) is 44.3 Å². The molecular formula is C13H21N3. The van der Waals surface area contributed by atoms with Crippen LogP contribution >= 0.6 is 0 Å². The molecule has 0 saturated heterocycles. The molecule has 0 aliphatic heterocycles. The molecule has 0 bridgehead atoms. The van der Waals surface area contributed by atoms with E-state index in [4.69, 9.17) is 5.73 Å². The van der Waals surface area contributed by atoms with Gasteiger partial charge in [-0.15, -0.1) is 0 Å². The van der Waals surface area contributed by atoms with Crippen LogP contribution in [0.2, 0.25) is 0 Å². The van der Waals surface area contributed by atoms with Crippen LogP contribution < -0.4 is 5.73 Å². The Kier molecular flexibility index (Phi) is 3.56. The molecule has 1 aliphatic rings. The highest BCUT2D eigenvalue weighted by Gasteiger charge is 2.30. The zero-order chi connectivity index (χ0) is 11.5. The van der Waals surface area contributed by atoms with Crippen LogP contribution in [0.4, 0.5) is 0 Å². The first-order valence-corrected chi connectivity index (χ1v) is 6.07. The summed E-state index contributed by atoms with van der Waals surface area (Å²) < 4.78 is 0. The lowest BCUT2D eigenvalue weighted by atomic mass is 9.88. The molecule has 1 aliphatic carbocycles. The molecule has 0 radical (unpaired) electrons. The molecular weight excluding hydrogens is 198 g/mol. The highest BCUT2D eigenvalue weighted by Crippen LogP contribution is 2.31. The molecule has 2 unspecified atom stereocenters. The van der Waals surface area contributed by atoms with Gasteiger partial charge >= 0.3 is 0 Å². The van der Waals surface area contributed by atoms with Gasteiger partial charge in [0.05, 0.1) is 6.04 Å². The van der Waals surface area contributed by atoms with E-state index in [1.165, 1.54) is 24.8 Å². The predicted molar refractivity (Wildman–Crippen MR) is 66.0 cm³/mol. The molecule has 2 N–H and O–H groups in total. The lowest BCUT2D eigenvalue weighted by Gasteiger charge is -2.41. The minimum Gasteiger partial charge on any atom is -0.326 e. The van der Waals surface area contributed by atoms with Crippen LogP contribution in [-0.2, 0) is 0 Å². The minimum absolute atomic E-state index is 0.134. The Morgan fingerprint density at radius 3 is 2.69 bits per heavy atom. The van der Waals surface area contributed by atoms with E-state index in [0.29, 0.717) is 12.1 Å². The van der Waals surface area contributed by atoms with E-state index in [2.05, 4.69) is 29.9 Å². The van der Waals surface area contributed by atoms with E-state index >= 15 is 0 Å². The smallest absolute Gasteiger partial charge is 0.0511 e. The summed E-state index contributed by atoms with van der Waals surface area (Å²) in [6.45, 7) is 2.08. The summed E-state index contributed by atoms with van der Waals surface area (Å²) in [5.41, 5.74) is 7.35. The number of aromatic nitrogens is 1. The maximum atomic E-state index is 6.12. The monoisotopic (exact) mass is 219 g/mol. The summed E-state index contributed by atoms with van der Waals surface area (Å²) in [5.74, 6) is 0. The molecule has 16 heavy (non-hydrogen) atoms. The fourth-order valence-electron chi connectivity index (χ4n) is 2.48. The summed E-state index contributed by atoms with van der Waals surface area (Å²) in [6, 6.07) is 5.24. The van der Waals surface area contributed by atoms with Gasteiger partial charge in [-0.25, -0.2) is 0 Å². The van der Waals surface area contributed by atoms with Gasteiger partial charge < -0.3 is 5.73 Å². The zero-order valence-corrected chi connectivity index (χ0v) is 10.1. The van der Waals surface area contributed by atoms with Crippen molar-refractivity contribution >= 4 is 0 Å². The maximum Gasteiger partial charge on any atom is 0.0511 e. The van der Waals surface area contributed by atoms with Crippen LogP contribution in [0, 0.1) is 0 Å². The van der Waals surface area contributed by atoms with Crippen molar-refractivity contribution in [1.29, 1.82) is 0 Å². The Labute approximate surface area is 97.7 Å². The van der Waals surface area contributed by atoms with Crippen molar-refractivity contribution in [2.24, 2.45) is 5.73 Å². The van der Waals surface area contributed by atoms with Gasteiger partial charge in [-0.1, -0.05) is 12.5 Å². The third-order valence-corrected chi connectivity index (χ3v) is 3.61. The molecule has 0 amide bonds. The van der Waals surface area contributed by atoms with Crippen molar-refractivity contribution in [2.75, 3.05) is 7.05 Å². The van der Waals surface area contributed by atoms with Crippen molar-refractivity contribution in [3.05, 3.63) is 30.1 Å². The molecule has 88 valence electrons. The summed E-state index contributed by atoms with van der Waals surface area (Å²) in [7, 11) is 2.19. The standard InChI is InChI=1S/C13H21N3/c1-10(14)13(11-5-4-8-15-9-11)16(2)12-6-3-7-12/h4-5,8-10,12-13H,3,6-7,14H2,1-2H3. The van der Waals surface area contributed by atoms with Crippen molar-refractivity contribution in [1.82, 2.24) is 9.88 Å². The first-order valence-electron chi connectivity index (χ1n) is 6.07. The molecule has 2 rings (SSSR count). The molecule has 3 nitrogen and oxygen atoms in total. The Hall–Kier alpha value is -0.930. The van der Waals surface area contributed by atoms with Crippen LogP contribution in [-0.4, -0.2) is 29.0 Å². The van der Waals surface area contributed by atoms with E-state index in [-0.39, 0.29) is 6.04 Å². The number of nitrogens with two attached hydrogens (primary N) is 1. The number of hydrogen-bond donors (Lipinski definition) is 1. The van der Waals surface area contributed by atoms with Crippen LogP contribution in [0.1, 0.15) is 37.8 Å². The lowest BCUT2D eigenvalue weighted by Crippen LogP contribution is -2.45. The molecule has 3 heteroatoms. The Morgan fingerprint density at radius 1 is 1.50 bits per heavy atom. The van der Waals surface area contributed by atoms with Gasteiger partial charge in [0, 0.05) is 24.5 Å². The third-order valence-electron chi connectivity index (χ3n) is 3.61. The van der Waals surface area contributed by atoms with Gasteiger partial charge in [-0.05, 0) is 38.4 Å². The fourth-order valence-corrected chi connectivity index (χ4v) is 2.48. The highest BCUT2D eigenvalue weighted by molar-refractivity contribution is 5.16. The summed E-state index contributed by atoms with van der Waals surface area (Å²) >= 11 is 0. The molecule has 2 atom stereocenters. The average molecular weight is 219 g/mol. The zero-order valence-electron chi connectivity index (χ0n) is 10.1. The first-order chi connectivity index (χ1) is 7.70. The number of hydrogen-bond acceptors (Lipinski definition) is 3. The third kappa shape index (κ3) is 2.25. The van der Waals surface area contributed by atoms with Gasteiger partial charge in [-0.2, -0.15) is 0 Å². The highest BCUT2D eigenvalue weighted by atomic mass is 15.2. The van der Waals surface area contributed by atoms with Gasteiger partial charge in [-0.3, -0.25) is 9.88 Å². The summed E-state index contributed by atoms with van der Waals surface area (Å²) in [4.78, 5) is 6.61. The van der Waals surface area contributed by atoms with E-state index < -0.39 is 0 Å². The van der Waals surface area contributed by atoms with Crippen LogP contribution in [0.3, 0.4) is 0 Å². The lowest BCUT2D eigenvalue weighted by molar-refractivity contribution is 0.0978. The van der Waals surface area contributed by atoms with E-state index in [1.54, 1.807) is 0 Å². The second-order valence-corrected chi connectivity index (χ2v) is 4.84. The van der Waals surface area contributed by atoms with Crippen molar-refractivity contribution in [3.8, 4) is 0 Å². The molecule has 1 aromatic rings. The second-order valence-electron chi connectivity index (χ2n) is 4.84. The number of nitrogens with zero attached hydrogens (tertiary/aromatic N) is 2. The average Bonchev–Trinajstić information content (AvgIpc) is 2.16.